The first kappa shape index (κ1) is 16.4. The molecule has 1 aromatic rings. The van der Waals surface area contributed by atoms with Crippen molar-refractivity contribution in [1.29, 1.82) is 0 Å². The summed E-state index contributed by atoms with van der Waals surface area (Å²) >= 11 is 0. The molecule has 0 N–H and O–H groups in total. The number of likely N-dealkylation sites (tertiary alicyclic amines) is 1. The van der Waals surface area contributed by atoms with Gasteiger partial charge in [-0.25, -0.2) is 0 Å². The molecule has 0 radical (unpaired) electrons. The quantitative estimate of drug-likeness (QED) is 0.835. The summed E-state index contributed by atoms with van der Waals surface area (Å²) in [6, 6.07) is 7.19. The van der Waals surface area contributed by atoms with E-state index in [0.717, 1.165) is 18.0 Å². The van der Waals surface area contributed by atoms with Crippen LogP contribution in [0.5, 0.6) is 11.5 Å². The zero-order chi connectivity index (χ0) is 17.8. The molecule has 26 heavy (non-hydrogen) atoms. The summed E-state index contributed by atoms with van der Waals surface area (Å²) in [5.41, 5.74) is 1.29. The first-order valence-electron chi connectivity index (χ1n) is 10.0. The highest BCUT2D eigenvalue weighted by molar-refractivity contribution is 5.77. The van der Waals surface area contributed by atoms with Crippen LogP contribution >= 0.6 is 0 Å². The Morgan fingerprint density at radius 3 is 2.69 bits per heavy atom. The number of amides is 1. The van der Waals surface area contributed by atoms with Crippen molar-refractivity contribution < 1.29 is 14.3 Å². The molecule has 0 spiro atoms. The molecule has 1 aromatic carbocycles. The van der Waals surface area contributed by atoms with E-state index in [1.54, 1.807) is 0 Å². The highest BCUT2D eigenvalue weighted by Gasteiger charge is 2.54. The smallest absolute Gasteiger partial charge is 0.231 e. The SMILES string of the molecule is CC(C)CC(=O)N1C[C@@H](c2ccc3c(c2)OCO3)[C@@H]2[C@H]1C1CCN2CC1. The highest BCUT2D eigenvalue weighted by atomic mass is 16.7. The Bertz CT molecular complexity index is 711. The van der Waals surface area contributed by atoms with Gasteiger partial charge in [-0.15, -0.1) is 0 Å². The van der Waals surface area contributed by atoms with Gasteiger partial charge >= 0.3 is 0 Å². The summed E-state index contributed by atoms with van der Waals surface area (Å²) < 4.78 is 11.1. The lowest BCUT2D eigenvalue weighted by molar-refractivity contribution is -0.136. The summed E-state index contributed by atoms with van der Waals surface area (Å²) in [4.78, 5) is 17.9. The van der Waals surface area contributed by atoms with E-state index in [1.165, 1.54) is 31.5 Å². The molecule has 0 saturated carbocycles. The normalized spacial score (nSPS) is 34.4. The summed E-state index contributed by atoms with van der Waals surface area (Å²) in [6.07, 6.45) is 3.13. The van der Waals surface area contributed by atoms with Gasteiger partial charge in [0.05, 0.1) is 6.04 Å². The standard InChI is InChI=1S/C21H28N2O3/c1-13(2)9-19(24)23-11-16(15-3-4-17-18(10-15)26-12-25-17)21-20(23)14-5-7-22(21)8-6-14/h3-4,10,13-14,16,20-21H,5-9,11-12H2,1-2H3/t16-,20+,21+/m0/s1. The molecule has 5 heterocycles. The third-order valence-electron chi connectivity index (χ3n) is 6.72. The Balaban J connectivity index is 1.49. The van der Waals surface area contributed by atoms with E-state index >= 15 is 0 Å². The molecular weight excluding hydrogens is 328 g/mol. The maximum atomic E-state index is 13.0. The van der Waals surface area contributed by atoms with Crippen molar-refractivity contribution in [2.75, 3.05) is 26.4 Å². The van der Waals surface area contributed by atoms with E-state index in [0.29, 0.717) is 49.0 Å². The van der Waals surface area contributed by atoms with Crippen LogP contribution in [-0.2, 0) is 4.79 Å². The second-order valence-electron chi connectivity index (χ2n) is 8.72. The average molecular weight is 356 g/mol. The number of hydrogen-bond acceptors (Lipinski definition) is 4. The molecule has 0 aromatic heterocycles. The lowest BCUT2D eigenvalue weighted by Crippen LogP contribution is -2.60. The van der Waals surface area contributed by atoms with Crippen LogP contribution in [0, 0.1) is 11.8 Å². The Morgan fingerprint density at radius 2 is 1.92 bits per heavy atom. The third kappa shape index (κ3) is 2.51. The third-order valence-corrected chi connectivity index (χ3v) is 6.72. The van der Waals surface area contributed by atoms with Gasteiger partial charge in [0.15, 0.2) is 11.5 Å². The zero-order valence-electron chi connectivity index (χ0n) is 15.7. The maximum absolute atomic E-state index is 13.0. The lowest BCUT2D eigenvalue weighted by atomic mass is 9.75. The van der Waals surface area contributed by atoms with Crippen molar-refractivity contribution in [2.45, 2.75) is 51.1 Å². The summed E-state index contributed by atoms with van der Waals surface area (Å²) in [5, 5.41) is 0. The van der Waals surface area contributed by atoms with Crippen LogP contribution in [-0.4, -0.2) is 54.2 Å². The first-order valence-corrected chi connectivity index (χ1v) is 10.0. The van der Waals surface area contributed by atoms with E-state index in [9.17, 15) is 4.79 Å². The summed E-state index contributed by atoms with van der Waals surface area (Å²) in [7, 11) is 0. The number of ether oxygens (including phenoxy) is 2. The fourth-order valence-electron chi connectivity index (χ4n) is 5.61. The Hall–Kier alpha value is -1.75. The van der Waals surface area contributed by atoms with Crippen molar-refractivity contribution in [3.05, 3.63) is 23.8 Å². The highest BCUT2D eigenvalue weighted by Crippen LogP contribution is 2.48. The summed E-state index contributed by atoms with van der Waals surface area (Å²) in [5.74, 6) is 3.47. The molecule has 5 aliphatic rings. The van der Waals surface area contributed by atoms with Crippen molar-refractivity contribution in [1.82, 2.24) is 9.80 Å². The topological polar surface area (TPSA) is 42.0 Å². The van der Waals surface area contributed by atoms with Crippen molar-refractivity contribution in [3.8, 4) is 11.5 Å². The number of piperidine rings is 3. The lowest BCUT2D eigenvalue weighted by Gasteiger charge is -2.51. The van der Waals surface area contributed by atoms with Gasteiger partial charge in [-0.3, -0.25) is 9.69 Å². The predicted molar refractivity (Wildman–Crippen MR) is 98.3 cm³/mol. The fourth-order valence-corrected chi connectivity index (χ4v) is 5.61. The average Bonchev–Trinajstić information content (AvgIpc) is 3.27. The van der Waals surface area contributed by atoms with Gasteiger partial charge in [-0.2, -0.15) is 0 Å². The minimum Gasteiger partial charge on any atom is -0.454 e. The second-order valence-corrected chi connectivity index (χ2v) is 8.72. The van der Waals surface area contributed by atoms with E-state index in [1.807, 2.05) is 6.07 Å². The largest absolute Gasteiger partial charge is 0.454 e. The molecule has 5 heteroatoms. The number of benzene rings is 1. The molecule has 2 bridgehead atoms. The van der Waals surface area contributed by atoms with E-state index in [-0.39, 0.29) is 0 Å². The van der Waals surface area contributed by atoms with E-state index < -0.39 is 0 Å². The number of hydrogen-bond donors (Lipinski definition) is 0. The molecule has 3 atom stereocenters. The van der Waals surface area contributed by atoms with Crippen molar-refractivity contribution in [3.63, 3.8) is 0 Å². The number of carbonyl (C=O) groups is 1. The monoisotopic (exact) mass is 356 g/mol. The fraction of sp³-hybridized carbons (Fsp3) is 0.667. The van der Waals surface area contributed by atoms with Gasteiger partial charge < -0.3 is 14.4 Å². The van der Waals surface area contributed by atoms with Crippen molar-refractivity contribution >= 4 is 5.91 Å². The molecule has 0 aliphatic carbocycles. The van der Waals surface area contributed by atoms with Crippen LogP contribution in [0.25, 0.3) is 0 Å². The number of fused-ring (bicyclic) bond motifs is 3. The Kier molecular flexibility index (Phi) is 3.89. The maximum Gasteiger partial charge on any atom is 0.231 e. The number of carbonyl (C=O) groups excluding carboxylic acids is 1. The van der Waals surface area contributed by atoms with E-state index in [2.05, 4.69) is 35.8 Å². The van der Waals surface area contributed by atoms with Crippen LogP contribution in [0.4, 0.5) is 0 Å². The van der Waals surface area contributed by atoms with Gasteiger partial charge in [-0.05, 0) is 55.5 Å². The number of rotatable bonds is 3. The van der Waals surface area contributed by atoms with Crippen LogP contribution in [0.15, 0.2) is 18.2 Å². The Labute approximate surface area is 155 Å². The van der Waals surface area contributed by atoms with Gasteiger partial charge in [0.25, 0.3) is 0 Å². The Morgan fingerprint density at radius 1 is 1.15 bits per heavy atom. The minimum atomic E-state index is 0.308. The molecule has 6 rings (SSSR count). The molecule has 1 amide bonds. The molecule has 5 aliphatic heterocycles. The molecule has 140 valence electrons. The zero-order valence-corrected chi connectivity index (χ0v) is 15.7. The molecule has 4 fully saturated rings. The van der Waals surface area contributed by atoms with Gasteiger partial charge in [0.2, 0.25) is 12.7 Å². The molecular formula is C21H28N2O3. The predicted octanol–water partition coefficient (Wildman–Crippen LogP) is 2.85. The molecule has 4 saturated heterocycles. The van der Waals surface area contributed by atoms with Crippen LogP contribution in [0.2, 0.25) is 0 Å². The van der Waals surface area contributed by atoms with Crippen LogP contribution in [0.3, 0.4) is 0 Å². The first-order chi connectivity index (χ1) is 12.6. The van der Waals surface area contributed by atoms with E-state index in [4.69, 9.17) is 9.47 Å². The molecule has 0 unspecified atom stereocenters. The van der Waals surface area contributed by atoms with Crippen LogP contribution in [0.1, 0.15) is 44.6 Å². The molecule has 5 nitrogen and oxygen atoms in total. The second kappa shape index (κ2) is 6.15. The minimum absolute atomic E-state index is 0.308. The number of nitrogens with zero attached hydrogens (tertiary/aromatic N) is 2. The summed E-state index contributed by atoms with van der Waals surface area (Å²) in [6.45, 7) is 7.78. The van der Waals surface area contributed by atoms with Gasteiger partial charge in [-0.1, -0.05) is 19.9 Å². The van der Waals surface area contributed by atoms with Gasteiger partial charge in [0.1, 0.15) is 0 Å². The van der Waals surface area contributed by atoms with Crippen molar-refractivity contribution in [2.24, 2.45) is 11.8 Å². The van der Waals surface area contributed by atoms with Crippen LogP contribution < -0.4 is 9.47 Å². The van der Waals surface area contributed by atoms with Gasteiger partial charge in [0, 0.05) is 24.9 Å².